The lowest BCUT2D eigenvalue weighted by atomic mass is 10.1. The molecule has 0 aromatic heterocycles. The van der Waals surface area contributed by atoms with Gasteiger partial charge in [-0.15, -0.1) is 0 Å². The molecule has 0 aliphatic rings. The van der Waals surface area contributed by atoms with E-state index in [4.69, 9.17) is 28.9 Å². The van der Waals surface area contributed by atoms with Crippen LogP contribution < -0.4 is 16.4 Å². The second-order valence-corrected chi connectivity index (χ2v) is 5.36. The van der Waals surface area contributed by atoms with E-state index in [1.165, 1.54) is 0 Å². The van der Waals surface area contributed by atoms with E-state index in [1.54, 1.807) is 18.2 Å². The number of nitrogens with one attached hydrogen (secondary N) is 2. The van der Waals surface area contributed by atoms with E-state index in [2.05, 4.69) is 10.6 Å². The molecule has 4 nitrogen and oxygen atoms in total. The first-order valence-corrected chi connectivity index (χ1v) is 7.10. The topological polar surface area (TPSA) is 67.2 Å². The van der Waals surface area contributed by atoms with Crippen LogP contribution in [0.3, 0.4) is 0 Å². The lowest BCUT2D eigenvalue weighted by molar-refractivity contribution is 0.259. The van der Waals surface area contributed by atoms with Gasteiger partial charge in [-0.25, -0.2) is 4.79 Å². The third-order valence-corrected chi connectivity index (χ3v) is 3.82. The lowest BCUT2D eigenvalue weighted by Gasteiger charge is -2.17. The normalized spacial score (nSPS) is 11.8. The third kappa shape index (κ3) is 4.03. The number of hydrogen-bond acceptors (Lipinski definition) is 2. The summed E-state index contributed by atoms with van der Waals surface area (Å²) < 4.78 is 0. The average Bonchev–Trinajstić information content (AvgIpc) is 2.44. The Morgan fingerprint density at radius 1 is 1.14 bits per heavy atom. The summed E-state index contributed by atoms with van der Waals surface area (Å²) in [5.41, 5.74) is 7.53. The first-order valence-electron chi connectivity index (χ1n) is 6.34. The number of nitrogens with two attached hydrogens (primary N) is 1. The van der Waals surface area contributed by atoms with Crippen LogP contribution in [0, 0.1) is 0 Å². The number of rotatable bonds is 4. The van der Waals surface area contributed by atoms with Crippen LogP contribution in [0.4, 0.5) is 16.2 Å². The minimum atomic E-state index is -0.584. The molecule has 110 valence electrons. The van der Waals surface area contributed by atoms with Gasteiger partial charge < -0.3 is 16.4 Å². The predicted octanol–water partition coefficient (Wildman–Crippen LogP) is 4.66. The highest BCUT2D eigenvalue weighted by atomic mass is 35.5. The van der Waals surface area contributed by atoms with Crippen LogP contribution in [-0.2, 0) is 0 Å². The molecule has 0 spiro atoms. The van der Waals surface area contributed by atoms with Gasteiger partial charge in [-0.1, -0.05) is 41.4 Å². The summed E-state index contributed by atoms with van der Waals surface area (Å²) in [6.45, 7) is 2.01. The van der Waals surface area contributed by atoms with E-state index in [0.29, 0.717) is 15.7 Å². The molecule has 2 amide bonds. The Morgan fingerprint density at radius 3 is 2.43 bits per heavy atom. The number of halogens is 2. The van der Waals surface area contributed by atoms with E-state index < -0.39 is 6.03 Å². The Bertz CT molecular complexity index is 644. The largest absolute Gasteiger partial charge is 0.377 e. The third-order valence-electron chi connectivity index (χ3n) is 3.00. The van der Waals surface area contributed by atoms with E-state index in [-0.39, 0.29) is 6.04 Å². The van der Waals surface area contributed by atoms with Gasteiger partial charge in [0.2, 0.25) is 0 Å². The fraction of sp³-hybridized carbons (Fsp3) is 0.133. The Balaban J connectivity index is 2.11. The molecule has 0 radical (unpaired) electrons. The number of hydrogen-bond donors (Lipinski definition) is 3. The van der Waals surface area contributed by atoms with Crippen LogP contribution in [0.15, 0.2) is 42.5 Å². The summed E-state index contributed by atoms with van der Waals surface area (Å²) in [6, 6.07) is 12.3. The van der Waals surface area contributed by atoms with E-state index >= 15 is 0 Å². The molecule has 2 aromatic carbocycles. The quantitative estimate of drug-likeness (QED) is 0.766. The molecule has 0 aliphatic carbocycles. The van der Waals surface area contributed by atoms with Crippen molar-refractivity contribution in [2.75, 3.05) is 10.6 Å². The number of primary amides is 1. The van der Waals surface area contributed by atoms with Crippen molar-refractivity contribution < 1.29 is 4.79 Å². The van der Waals surface area contributed by atoms with Gasteiger partial charge in [0.15, 0.2) is 0 Å². The molecule has 6 heteroatoms. The number of carbonyl (C=O) groups excluding carboxylic acids is 1. The van der Waals surface area contributed by atoms with Crippen LogP contribution >= 0.6 is 23.2 Å². The standard InChI is InChI=1S/C15H15Cl2N3O/c1-9(19-13-4-2-3-12(16)14(13)17)10-5-7-11(8-6-10)20-15(18)21/h2-9,19H,1H3,(H3,18,20,21). The maximum Gasteiger partial charge on any atom is 0.316 e. The maximum atomic E-state index is 10.8. The van der Waals surface area contributed by atoms with Crippen molar-refractivity contribution in [3.63, 3.8) is 0 Å². The number of amides is 2. The zero-order valence-corrected chi connectivity index (χ0v) is 12.9. The van der Waals surface area contributed by atoms with Crippen LogP contribution in [0.2, 0.25) is 10.0 Å². The van der Waals surface area contributed by atoms with Gasteiger partial charge in [-0.3, -0.25) is 0 Å². The molecular weight excluding hydrogens is 309 g/mol. The van der Waals surface area contributed by atoms with Gasteiger partial charge in [0.25, 0.3) is 0 Å². The zero-order valence-electron chi connectivity index (χ0n) is 11.4. The molecule has 0 heterocycles. The fourth-order valence-electron chi connectivity index (χ4n) is 1.93. The van der Waals surface area contributed by atoms with Crippen LogP contribution in [0.25, 0.3) is 0 Å². The smallest absolute Gasteiger partial charge is 0.316 e. The van der Waals surface area contributed by atoms with Gasteiger partial charge in [0.1, 0.15) is 0 Å². The Labute approximate surface area is 133 Å². The summed E-state index contributed by atoms with van der Waals surface area (Å²) >= 11 is 12.1. The van der Waals surface area contributed by atoms with Gasteiger partial charge in [-0.05, 0) is 36.8 Å². The lowest BCUT2D eigenvalue weighted by Crippen LogP contribution is -2.19. The zero-order chi connectivity index (χ0) is 15.4. The summed E-state index contributed by atoms with van der Waals surface area (Å²) in [5.74, 6) is 0. The molecule has 0 bridgehead atoms. The highest BCUT2D eigenvalue weighted by molar-refractivity contribution is 6.43. The van der Waals surface area contributed by atoms with Gasteiger partial charge in [0.05, 0.1) is 15.7 Å². The maximum absolute atomic E-state index is 10.8. The highest BCUT2D eigenvalue weighted by Crippen LogP contribution is 2.32. The minimum absolute atomic E-state index is 0.0311. The van der Waals surface area contributed by atoms with Crippen LogP contribution in [0.5, 0.6) is 0 Å². The molecule has 4 N–H and O–H groups in total. The second-order valence-electron chi connectivity index (χ2n) is 4.58. The molecular formula is C15H15Cl2N3O. The van der Waals surface area contributed by atoms with E-state index in [0.717, 1.165) is 11.3 Å². The molecule has 21 heavy (non-hydrogen) atoms. The molecule has 0 saturated carbocycles. The fourth-order valence-corrected chi connectivity index (χ4v) is 2.28. The number of anilines is 2. The molecule has 0 aliphatic heterocycles. The summed E-state index contributed by atoms with van der Waals surface area (Å²) in [7, 11) is 0. The summed E-state index contributed by atoms with van der Waals surface area (Å²) in [5, 5.41) is 6.82. The van der Waals surface area contributed by atoms with Crippen molar-refractivity contribution in [3.05, 3.63) is 58.1 Å². The number of benzene rings is 2. The minimum Gasteiger partial charge on any atom is -0.377 e. The summed E-state index contributed by atoms with van der Waals surface area (Å²) in [4.78, 5) is 10.8. The first-order chi connectivity index (χ1) is 9.97. The van der Waals surface area contributed by atoms with Crippen LogP contribution in [0.1, 0.15) is 18.5 Å². The molecule has 0 fully saturated rings. The Kier molecular flexibility index (Phi) is 4.94. The van der Waals surface area contributed by atoms with Crippen molar-refractivity contribution >= 4 is 40.6 Å². The second kappa shape index (κ2) is 6.70. The van der Waals surface area contributed by atoms with Crippen LogP contribution in [-0.4, -0.2) is 6.03 Å². The summed E-state index contributed by atoms with van der Waals surface area (Å²) in [6.07, 6.45) is 0. The monoisotopic (exact) mass is 323 g/mol. The molecule has 0 saturated heterocycles. The molecule has 2 aromatic rings. The van der Waals surface area contributed by atoms with Crippen molar-refractivity contribution in [1.29, 1.82) is 0 Å². The predicted molar refractivity (Wildman–Crippen MR) is 88.1 cm³/mol. The van der Waals surface area contributed by atoms with Gasteiger partial charge in [0, 0.05) is 11.7 Å². The van der Waals surface area contributed by atoms with E-state index in [9.17, 15) is 4.79 Å². The SMILES string of the molecule is CC(Nc1cccc(Cl)c1Cl)c1ccc(NC(N)=O)cc1. The van der Waals surface area contributed by atoms with Crippen molar-refractivity contribution in [2.24, 2.45) is 5.73 Å². The number of carbonyl (C=O) groups is 1. The highest BCUT2D eigenvalue weighted by Gasteiger charge is 2.09. The van der Waals surface area contributed by atoms with Crippen molar-refractivity contribution in [3.8, 4) is 0 Å². The molecule has 1 unspecified atom stereocenters. The molecule has 1 atom stereocenters. The Morgan fingerprint density at radius 2 is 1.81 bits per heavy atom. The van der Waals surface area contributed by atoms with Crippen molar-refractivity contribution in [2.45, 2.75) is 13.0 Å². The van der Waals surface area contributed by atoms with Gasteiger partial charge in [-0.2, -0.15) is 0 Å². The number of urea groups is 1. The Hall–Kier alpha value is -1.91. The average molecular weight is 324 g/mol. The molecule has 2 rings (SSSR count). The van der Waals surface area contributed by atoms with Crippen molar-refractivity contribution in [1.82, 2.24) is 0 Å². The first kappa shape index (κ1) is 15.5. The van der Waals surface area contributed by atoms with Gasteiger partial charge >= 0.3 is 6.03 Å². The van der Waals surface area contributed by atoms with E-state index in [1.807, 2.05) is 31.2 Å².